The number of benzene rings is 1. The van der Waals surface area contributed by atoms with E-state index in [0.29, 0.717) is 11.6 Å². The van der Waals surface area contributed by atoms with Crippen LogP contribution in [0.1, 0.15) is 26.3 Å². The third kappa shape index (κ3) is 4.84. The highest BCUT2D eigenvalue weighted by atomic mass is 35.5. The van der Waals surface area contributed by atoms with Gasteiger partial charge in [-0.25, -0.2) is 0 Å². The molecular formula is C13H20Cl2N2O. The van der Waals surface area contributed by atoms with Gasteiger partial charge in [-0.3, -0.25) is 4.79 Å². The van der Waals surface area contributed by atoms with E-state index in [-0.39, 0.29) is 23.7 Å². The van der Waals surface area contributed by atoms with Gasteiger partial charge < -0.3 is 11.1 Å². The molecule has 0 aliphatic rings. The second-order valence-corrected chi connectivity index (χ2v) is 5.33. The molecular weight excluding hydrogens is 271 g/mol. The molecule has 1 rings (SSSR count). The van der Waals surface area contributed by atoms with Crippen molar-refractivity contribution < 1.29 is 4.79 Å². The highest BCUT2D eigenvalue weighted by Gasteiger charge is 2.21. The number of rotatable bonds is 4. The molecule has 0 aliphatic heterocycles. The first-order valence-corrected chi connectivity index (χ1v) is 6.00. The molecule has 0 bridgehead atoms. The molecule has 5 heteroatoms. The van der Waals surface area contributed by atoms with Crippen molar-refractivity contribution in [3.05, 3.63) is 34.9 Å². The highest BCUT2D eigenvalue weighted by molar-refractivity contribution is 6.30. The summed E-state index contributed by atoms with van der Waals surface area (Å²) in [7, 11) is 0. The van der Waals surface area contributed by atoms with E-state index in [2.05, 4.69) is 19.2 Å². The van der Waals surface area contributed by atoms with Crippen LogP contribution in [0.2, 0.25) is 5.02 Å². The molecule has 0 saturated heterocycles. The molecule has 1 atom stereocenters. The summed E-state index contributed by atoms with van der Waals surface area (Å²) < 4.78 is 0. The van der Waals surface area contributed by atoms with Crippen molar-refractivity contribution >= 4 is 29.9 Å². The Morgan fingerprint density at radius 2 is 1.89 bits per heavy atom. The minimum Gasteiger partial charge on any atom is -0.354 e. The largest absolute Gasteiger partial charge is 0.354 e. The molecule has 0 unspecified atom stereocenters. The number of nitrogens with two attached hydrogens (primary N) is 1. The molecule has 18 heavy (non-hydrogen) atoms. The quantitative estimate of drug-likeness (QED) is 0.895. The van der Waals surface area contributed by atoms with E-state index in [9.17, 15) is 4.79 Å². The molecule has 1 aromatic rings. The summed E-state index contributed by atoms with van der Waals surface area (Å²) in [6.07, 6.45) is 0. The Hall–Kier alpha value is -0.770. The van der Waals surface area contributed by atoms with Gasteiger partial charge in [0.2, 0.25) is 5.91 Å². The van der Waals surface area contributed by atoms with Gasteiger partial charge in [-0.2, -0.15) is 0 Å². The maximum absolute atomic E-state index is 11.4. The van der Waals surface area contributed by atoms with E-state index in [1.54, 1.807) is 6.92 Å². The Morgan fingerprint density at radius 1 is 1.39 bits per heavy atom. The molecule has 3 N–H and O–H groups in total. The Morgan fingerprint density at radius 3 is 2.33 bits per heavy atom. The third-order valence-electron chi connectivity index (χ3n) is 2.74. The molecule has 0 aliphatic carbocycles. The Balaban J connectivity index is 0.00000289. The van der Waals surface area contributed by atoms with Crippen molar-refractivity contribution in [2.24, 2.45) is 5.73 Å². The maximum atomic E-state index is 11.4. The van der Waals surface area contributed by atoms with Crippen LogP contribution in [0.15, 0.2) is 24.3 Å². The lowest BCUT2D eigenvalue weighted by atomic mass is 9.84. The summed E-state index contributed by atoms with van der Waals surface area (Å²) in [4.78, 5) is 11.4. The van der Waals surface area contributed by atoms with E-state index >= 15 is 0 Å². The number of carbonyl (C=O) groups is 1. The third-order valence-corrected chi connectivity index (χ3v) is 3.00. The van der Waals surface area contributed by atoms with Crippen LogP contribution in [0, 0.1) is 0 Å². The first-order valence-electron chi connectivity index (χ1n) is 5.62. The van der Waals surface area contributed by atoms with Crippen LogP contribution in [-0.4, -0.2) is 18.5 Å². The fraction of sp³-hybridized carbons (Fsp3) is 0.462. The Bertz CT molecular complexity index is 388. The summed E-state index contributed by atoms with van der Waals surface area (Å²) in [6, 6.07) is 7.18. The number of hydrogen-bond donors (Lipinski definition) is 2. The lowest BCUT2D eigenvalue weighted by Gasteiger charge is -2.26. The molecule has 0 radical (unpaired) electrons. The maximum Gasteiger partial charge on any atom is 0.236 e. The van der Waals surface area contributed by atoms with E-state index in [1.807, 2.05) is 24.3 Å². The van der Waals surface area contributed by atoms with Gasteiger partial charge in [0.05, 0.1) is 6.04 Å². The number of halogens is 2. The molecule has 0 heterocycles. The normalized spacial score (nSPS) is 12.5. The van der Waals surface area contributed by atoms with Gasteiger partial charge in [-0.15, -0.1) is 12.4 Å². The summed E-state index contributed by atoms with van der Waals surface area (Å²) in [5.41, 5.74) is 6.48. The molecule has 0 fully saturated rings. The number of carbonyl (C=O) groups excluding carboxylic acids is 1. The van der Waals surface area contributed by atoms with Gasteiger partial charge in [0.1, 0.15) is 0 Å². The topological polar surface area (TPSA) is 55.1 Å². The molecule has 0 aromatic heterocycles. The molecule has 3 nitrogen and oxygen atoms in total. The molecule has 0 saturated carbocycles. The van der Waals surface area contributed by atoms with E-state index < -0.39 is 6.04 Å². The first kappa shape index (κ1) is 17.2. The second kappa shape index (κ2) is 6.98. The lowest BCUT2D eigenvalue weighted by Crippen LogP contribution is -2.43. The fourth-order valence-electron chi connectivity index (χ4n) is 1.47. The predicted octanol–water partition coefficient (Wildman–Crippen LogP) is 2.50. The SMILES string of the molecule is C[C@@H](N)C(=O)NCC(C)(C)c1ccc(Cl)cc1.Cl. The highest BCUT2D eigenvalue weighted by Crippen LogP contribution is 2.23. The minimum absolute atomic E-state index is 0. The van der Waals surface area contributed by atoms with Crippen molar-refractivity contribution in [2.45, 2.75) is 32.2 Å². The van der Waals surface area contributed by atoms with Crippen molar-refractivity contribution in [1.82, 2.24) is 5.32 Å². The first-order chi connectivity index (χ1) is 7.83. The van der Waals surface area contributed by atoms with Gasteiger partial charge in [-0.05, 0) is 24.6 Å². The van der Waals surface area contributed by atoms with Gasteiger partial charge in [0, 0.05) is 17.0 Å². The average Bonchev–Trinajstić information content (AvgIpc) is 2.26. The monoisotopic (exact) mass is 290 g/mol. The van der Waals surface area contributed by atoms with Crippen molar-refractivity contribution in [3.8, 4) is 0 Å². The van der Waals surface area contributed by atoms with Crippen molar-refractivity contribution in [3.63, 3.8) is 0 Å². The van der Waals surface area contributed by atoms with Crippen LogP contribution in [-0.2, 0) is 10.2 Å². The molecule has 102 valence electrons. The average molecular weight is 291 g/mol. The second-order valence-electron chi connectivity index (χ2n) is 4.90. The van der Waals surface area contributed by atoms with Crippen LogP contribution in [0.3, 0.4) is 0 Å². The predicted molar refractivity (Wildman–Crippen MR) is 78.4 cm³/mol. The van der Waals surface area contributed by atoms with E-state index in [1.165, 1.54) is 0 Å². The van der Waals surface area contributed by atoms with Crippen LogP contribution in [0.5, 0.6) is 0 Å². The minimum atomic E-state index is -0.476. The number of nitrogens with one attached hydrogen (secondary N) is 1. The fourth-order valence-corrected chi connectivity index (χ4v) is 1.60. The number of amides is 1. The van der Waals surface area contributed by atoms with Gasteiger partial charge in [0.15, 0.2) is 0 Å². The van der Waals surface area contributed by atoms with Crippen LogP contribution < -0.4 is 11.1 Å². The smallest absolute Gasteiger partial charge is 0.236 e. The molecule has 1 amide bonds. The zero-order valence-corrected chi connectivity index (χ0v) is 12.4. The molecule has 0 spiro atoms. The van der Waals surface area contributed by atoms with Gasteiger partial charge in [-0.1, -0.05) is 37.6 Å². The Kier molecular flexibility index (Phi) is 6.68. The van der Waals surface area contributed by atoms with Crippen LogP contribution in [0.4, 0.5) is 0 Å². The zero-order valence-electron chi connectivity index (χ0n) is 10.9. The molecule has 1 aromatic carbocycles. The number of hydrogen-bond acceptors (Lipinski definition) is 2. The summed E-state index contributed by atoms with van der Waals surface area (Å²) in [6.45, 7) is 6.36. The summed E-state index contributed by atoms with van der Waals surface area (Å²) in [5.74, 6) is -0.132. The van der Waals surface area contributed by atoms with E-state index in [4.69, 9.17) is 17.3 Å². The van der Waals surface area contributed by atoms with Crippen molar-refractivity contribution in [2.75, 3.05) is 6.54 Å². The van der Waals surface area contributed by atoms with E-state index in [0.717, 1.165) is 5.56 Å². The van der Waals surface area contributed by atoms with Gasteiger partial charge in [0.25, 0.3) is 0 Å². The standard InChI is InChI=1S/C13H19ClN2O.ClH/c1-9(15)12(17)16-8-13(2,3)10-4-6-11(14)7-5-10;/h4-7,9H,8,15H2,1-3H3,(H,16,17);1H/t9-;/m1./s1. The summed E-state index contributed by atoms with van der Waals surface area (Å²) >= 11 is 5.84. The van der Waals surface area contributed by atoms with Crippen LogP contribution >= 0.6 is 24.0 Å². The van der Waals surface area contributed by atoms with Crippen molar-refractivity contribution in [1.29, 1.82) is 0 Å². The Labute approximate surface area is 119 Å². The van der Waals surface area contributed by atoms with Gasteiger partial charge >= 0.3 is 0 Å². The lowest BCUT2D eigenvalue weighted by molar-refractivity contribution is -0.122. The summed E-state index contributed by atoms with van der Waals surface area (Å²) in [5, 5.41) is 3.55. The zero-order chi connectivity index (χ0) is 13.1. The van der Waals surface area contributed by atoms with Crippen LogP contribution in [0.25, 0.3) is 0 Å².